The van der Waals surface area contributed by atoms with Crippen LogP contribution in [0, 0.1) is 0 Å². The number of rotatable bonds is 14. The first-order valence-corrected chi connectivity index (χ1v) is 10.8. The predicted octanol–water partition coefficient (Wildman–Crippen LogP) is 2.37. The van der Waals surface area contributed by atoms with Gasteiger partial charge in [0.2, 0.25) is 11.0 Å². The van der Waals surface area contributed by atoms with Crippen molar-refractivity contribution in [3.63, 3.8) is 0 Å². The molecule has 0 aliphatic rings. The van der Waals surface area contributed by atoms with Gasteiger partial charge in [-0.05, 0) is 18.2 Å². The summed E-state index contributed by atoms with van der Waals surface area (Å²) in [6, 6.07) is 5.57. The van der Waals surface area contributed by atoms with E-state index >= 15 is 0 Å². The fraction of sp³-hybridized carbons (Fsp3) is 0.500. The van der Waals surface area contributed by atoms with Gasteiger partial charge in [-0.3, -0.25) is 4.79 Å². The molecule has 0 fully saturated rings. The third-order valence-electron chi connectivity index (χ3n) is 4.30. The highest BCUT2D eigenvalue weighted by molar-refractivity contribution is 7.13. The molecule has 0 saturated heterocycles. The first kappa shape index (κ1) is 24.8. The second-order valence-electron chi connectivity index (χ2n) is 6.42. The van der Waals surface area contributed by atoms with Gasteiger partial charge in [0.15, 0.2) is 0 Å². The molecule has 2 N–H and O–H groups in total. The van der Waals surface area contributed by atoms with Gasteiger partial charge in [-0.25, -0.2) is 4.98 Å². The van der Waals surface area contributed by atoms with E-state index in [4.69, 9.17) is 19.7 Å². The third kappa shape index (κ3) is 8.31. The van der Waals surface area contributed by atoms with Crippen molar-refractivity contribution in [3.8, 4) is 0 Å². The van der Waals surface area contributed by atoms with Crippen molar-refractivity contribution in [1.82, 2.24) is 4.98 Å². The van der Waals surface area contributed by atoms with Crippen LogP contribution >= 0.6 is 11.3 Å². The van der Waals surface area contributed by atoms with Crippen molar-refractivity contribution in [2.45, 2.75) is 6.92 Å². The second-order valence-corrected chi connectivity index (χ2v) is 7.30. The number of aliphatic hydroxyl groups excluding tert-OH is 2. The summed E-state index contributed by atoms with van der Waals surface area (Å²) >= 11 is 1.37. The Balaban J connectivity index is 2.26. The number of benzene rings is 1. The summed E-state index contributed by atoms with van der Waals surface area (Å²) in [5.41, 5.74) is 2.02. The van der Waals surface area contributed by atoms with Crippen molar-refractivity contribution >= 4 is 39.4 Å². The monoisotopic (exact) mass is 451 g/mol. The fourth-order valence-corrected chi connectivity index (χ4v) is 3.10. The van der Waals surface area contributed by atoms with Gasteiger partial charge >= 0.3 is 0 Å². The van der Waals surface area contributed by atoms with Crippen LogP contribution in [0.25, 0.3) is 0 Å². The maximum absolute atomic E-state index is 12.0. The first-order chi connectivity index (χ1) is 15.1. The molecule has 0 saturated carbocycles. The number of carbonyl (C=O) groups excluding carboxylic acids is 1. The minimum Gasteiger partial charge on any atom is -0.394 e. The lowest BCUT2D eigenvalue weighted by atomic mass is 10.2. The zero-order valence-electron chi connectivity index (χ0n) is 17.8. The molecule has 1 aromatic carbocycles. The Morgan fingerprint density at radius 1 is 1.10 bits per heavy atom. The zero-order chi connectivity index (χ0) is 22.5. The van der Waals surface area contributed by atoms with Crippen molar-refractivity contribution in [3.05, 3.63) is 29.8 Å². The maximum Gasteiger partial charge on any atom is 0.229 e. The maximum atomic E-state index is 12.0. The average molecular weight is 452 g/mol. The van der Waals surface area contributed by atoms with E-state index in [1.165, 1.54) is 23.2 Å². The van der Waals surface area contributed by atoms with Gasteiger partial charge in [0.05, 0.1) is 45.3 Å². The smallest absolute Gasteiger partial charge is 0.229 e. The highest BCUT2D eigenvalue weighted by atomic mass is 32.1. The lowest BCUT2D eigenvalue weighted by molar-refractivity contribution is -0.116. The number of amides is 1. The first-order valence-electron chi connectivity index (χ1n) is 9.88. The summed E-state index contributed by atoms with van der Waals surface area (Å²) in [5.74, 6) is -0.132. The van der Waals surface area contributed by atoms with E-state index in [-0.39, 0.29) is 32.3 Å². The number of azo groups is 1. The molecule has 2 rings (SSSR count). The molecule has 1 aromatic heterocycles. The molecule has 0 radical (unpaired) electrons. The Labute approximate surface area is 185 Å². The number of carbonyl (C=O) groups is 1. The van der Waals surface area contributed by atoms with Crippen LogP contribution in [0.1, 0.15) is 6.92 Å². The van der Waals surface area contributed by atoms with Gasteiger partial charge in [-0.2, -0.15) is 0 Å². The number of ether oxygens (including phenoxy) is 2. The van der Waals surface area contributed by atoms with Gasteiger partial charge in [0.25, 0.3) is 0 Å². The van der Waals surface area contributed by atoms with Crippen molar-refractivity contribution in [1.29, 1.82) is 0 Å². The van der Waals surface area contributed by atoms with Gasteiger partial charge in [-0.1, -0.05) is 0 Å². The van der Waals surface area contributed by atoms with Crippen molar-refractivity contribution in [2.24, 2.45) is 10.2 Å². The quantitative estimate of drug-likeness (QED) is 0.334. The molecule has 2 aromatic rings. The zero-order valence-corrected chi connectivity index (χ0v) is 18.6. The molecular formula is C20H29N5O5S. The minimum atomic E-state index is -0.132. The normalized spacial score (nSPS) is 11.2. The largest absolute Gasteiger partial charge is 0.394 e. The Hall–Kier alpha value is -2.44. The fourth-order valence-electron chi connectivity index (χ4n) is 2.65. The van der Waals surface area contributed by atoms with E-state index in [0.29, 0.717) is 42.8 Å². The van der Waals surface area contributed by atoms with E-state index in [1.807, 2.05) is 22.4 Å². The van der Waals surface area contributed by atoms with Crippen LogP contribution in [0.5, 0.6) is 0 Å². The number of anilines is 2. The molecule has 0 bridgehead atoms. The van der Waals surface area contributed by atoms with Gasteiger partial charge in [0.1, 0.15) is 5.69 Å². The molecule has 170 valence electrons. The molecule has 31 heavy (non-hydrogen) atoms. The minimum absolute atomic E-state index is 0.0357. The Bertz CT molecular complexity index is 806. The number of thiazole rings is 1. The number of nitrogens with zero attached hydrogens (tertiary/aromatic N) is 5. The lowest BCUT2D eigenvalue weighted by Gasteiger charge is -2.27. The topological polar surface area (TPSA) is 120 Å². The Morgan fingerprint density at radius 3 is 2.32 bits per heavy atom. The molecule has 0 aliphatic heterocycles. The summed E-state index contributed by atoms with van der Waals surface area (Å²) in [7, 11) is 1.68. The van der Waals surface area contributed by atoms with E-state index in [1.54, 1.807) is 19.3 Å². The molecule has 0 aliphatic carbocycles. The van der Waals surface area contributed by atoms with E-state index in [9.17, 15) is 4.79 Å². The van der Waals surface area contributed by atoms with Crippen LogP contribution in [-0.2, 0) is 14.3 Å². The van der Waals surface area contributed by atoms with E-state index in [0.717, 1.165) is 5.69 Å². The molecule has 1 heterocycles. The molecule has 11 heteroatoms. The molecule has 0 atom stereocenters. The lowest BCUT2D eigenvalue weighted by Crippen LogP contribution is -2.32. The summed E-state index contributed by atoms with van der Waals surface area (Å²) in [5, 5.41) is 28.6. The number of aliphatic hydroxyl groups is 2. The number of aromatic nitrogens is 1. The Morgan fingerprint density at radius 2 is 1.77 bits per heavy atom. The molecule has 0 unspecified atom stereocenters. The van der Waals surface area contributed by atoms with Crippen LogP contribution in [0.15, 0.2) is 40.0 Å². The van der Waals surface area contributed by atoms with E-state index < -0.39 is 0 Å². The SMILES string of the molecule is CC(=O)N(C)c1cc(N(CCOCCO)CCOCCO)ccc1N=Nc1nccs1. The number of hydrogen-bond donors (Lipinski definition) is 2. The van der Waals surface area contributed by atoms with Gasteiger partial charge in [-0.15, -0.1) is 21.6 Å². The standard InChI is InChI=1S/C20H29N5O5S/c1-16(28)24(2)19-15-17(3-4-18(19)22-23-20-21-5-14-31-20)25(6-10-29-12-8-26)7-11-30-13-9-27/h3-5,14-15,26-27H,6-13H2,1-2H3. The van der Waals surface area contributed by atoms with Crippen LogP contribution in [0.2, 0.25) is 0 Å². The van der Waals surface area contributed by atoms with Crippen LogP contribution in [0.4, 0.5) is 22.2 Å². The molecular weight excluding hydrogens is 422 g/mol. The summed E-state index contributed by atoms with van der Waals surface area (Å²) in [6.45, 7) is 3.91. The summed E-state index contributed by atoms with van der Waals surface area (Å²) in [6.07, 6.45) is 1.65. The third-order valence-corrected chi connectivity index (χ3v) is 4.96. The highest BCUT2D eigenvalue weighted by Crippen LogP contribution is 2.34. The van der Waals surface area contributed by atoms with Crippen LogP contribution in [0.3, 0.4) is 0 Å². The van der Waals surface area contributed by atoms with Crippen LogP contribution < -0.4 is 9.80 Å². The predicted molar refractivity (Wildman–Crippen MR) is 120 cm³/mol. The molecule has 1 amide bonds. The average Bonchev–Trinajstić information content (AvgIpc) is 3.29. The summed E-state index contributed by atoms with van der Waals surface area (Å²) < 4.78 is 10.8. The van der Waals surface area contributed by atoms with Gasteiger partial charge < -0.3 is 29.5 Å². The number of hydrogen-bond acceptors (Lipinski definition) is 10. The summed E-state index contributed by atoms with van der Waals surface area (Å²) in [4.78, 5) is 19.7. The highest BCUT2D eigenvalue weighted by Gasteiger charge is 2.15. The van der Waals surface area contributed by atoms with Crippen molar-refractivity contribution in [2.75, 3.05) is 69.6 Å². The van der Waals surface area contributed by atoms with Gasteiger partial charge in [0, 0.05) is 44.3 Å². The van der Waals surface area contributed by atoms with E-state index in [2.05, 4.69) is 15.2 Å². The molecule has 0 spiro atoms. The Kier molecular flexibility index (Phi) is 11.0. The second kappa shape index (κ2) is 13.8. The van der Waals surface area contributed by atoms with Crippen molar-refractivity contribution < 1.29 is 24.5 Å². The molecule has 10 nitrogen and oxygen atoms in total. The van der Waals surface area contributed by atoms with Crippen LogP contribution in [-0.4, -0.2) is 80.9 Å².